The first-order valence-electron chi connectivity index (χ1n) is 6.11. The summed E-state index contributed by atoms with van der Waals surface area (Å²) in [5, 5.41) is 3.31. The second kappa shape index (κ2) is 7.26. The standard InChI is InChI=1S/C14H14ClN3OS/c1-10-17-13(15)12(9-19)14(18-10)16-7-8-20-11-5-3-2-4-6-11/h2-6,9H,7-8H2,1H3,(H,16,17,18). The summed E-state index contributed by atoms with van der Waals surface area (Å²) in [6.45, 7) is 2.43. The summed E-state index contributed by atoms with van der Waals surface area (Å²) in [5.74, 6) is 1.90. The third-order valence-electron chi connectivity index (χ3n) is 2.54. The van der Waals surface area contributed by atoms with Crippen LogP contribution in [0.4, 0.5) is 5.82 Å². The molecule has 6 heteroatoms. The van der Waals surface area contributed by atoms with Crippen LogP contribution in [0.5, 0.6) is 0 Å². The number of halogens is 1. The zero-order chi connectivity index (χ0) is 14.4. The zero-order valence-electron chi connectivity index (χ0n) is 11.0. The van der Waals surface area contributed by atoms with Gasteiger partial charge in [0.15, 0.2) is 6.29 Å². The lowest BCUT2D eigenvalue weighted by Gasteiger charge is -2.09. The van der Waals surface area contributed by atoms with Gasteiger partial charge in [0.1, 0.15) is 16.8 Å². The van der Waals surface area contributed by atoms with Crippen LogP contribution in [0.1, 0.15) is 16.2 Å². The molecular formula is C14H14ClN3OS. The molecule has 1 heterocycles. The number of aromatic nitrogens is 2. The number of benzene rings is 1. The summed E-state index contributed by atoms with van der Waals surface area (Å²) < 4.78 is 0. The van der Waals surface area contributed by atoms with Gasteiger partial charge in [0.05, 0.1) is 5.56 Å². The van der Waals surface area contributed by atoms with E-state index in [0.29, 0.717) is 30.0 Å². The first kappa shape index (κ1) is 14.8. The normalized spacial score (nSPS) is 10.3. The maximum Gasteiger partial charge on any atom is 0.156 e. The molecule has 0 aliphatic carbocycles. The van der Waals surface area contributed by atoms with E-state index in [1.165, 1.54) is 4.90 Å². The van der Waals surface area contributed by atoms with E-state index in [-0.39, 0.29) is 5.15 Å². The van der Waals surface area contributed by atoms with Gasteiger partial charge in [-0.15, -0.1) is 11.8 Å². The van der Waals surface area contributed by atoms with Crippen molar-refractivity contribution in [3.05, 3.63) is 46.9 Å². The first-order chi connectivity index (χ1) is 9.70. The molecule has 2 aromatic rings. The van der Waals surface area contributed by atoms with Crippen molar-refractivity contribution in [2.24, 2.45) is 0 Å². The minimum Gasteiger partial charge on any atom is -0.368 e. The molecule has 0 unspecified atom stereocenters. The summed E-state index contributed by atoms with van der Waals surface area (Å²) in [6, 6.07) is 10.1. The monoisotopic (exact) mass is 307 g/mol. The SMILES string of the molecule is Cc1nc(Cl)c(C=O)c(NCCSc2ccccc2)n1. The predicted molar refractivity (Wildman–Crippen MR) is 82.8 cm³/mol. The number of hydrogen-bond donors (Lipinski definition) is 1. The molecule has 0 saturated heterocycles. The van der Waals surface area contributed by atoms with Crippen molar-refractivity contribution in [2.45, 2.75) is 11.8 Å². The Hall–Kier alpha value is -1.59. The molecule has 1 N–H and O–H groups in total. The van der Waals surface area contributed by atoms with Gasteiger partial charge in [0.25, 0.3) is 0 Å². The number of nitrogens with zero attached hydrogens (tertiary/aromatic N) is 2. The van der Waals surface area contributed by atoms with Crippen molar-refractivity contribution in [1.29, 1.82) is 0 Å². The van der Waals surface area contributed by atoms with Crippen LogP contribution in [0.15, 0.2) is 35.2 Å². The van der Waals surface area contributed by atoms with E-state index in [9.17, 15) is 4.79 Å². The number of carbonyl (C=O) groups excluding carboxylic acids is 1. The molecule has 1 aromatic heterocycles. The summed E-state index contributed by atoms with van der Waals surface area (Å²) in [4.78, 5) is 20.4. The molecule has 0 spiro atoms. The van der Waals surface area contributed by atoms with Crippen molar-refractivity contribution in [2.75, 3.05) is 17.6 Å². The van der Waals surface area contributed by atoms with E-state index < -0.39 is 0 Å². The average Bonchev–Trinajstić information content (AvgIpc) is 2.44. The maximum absolute atomic E-state index is 11.0. The second-order valence-electron chi connectivity index (χ2n) is 4.03. The Labute approximate surface area is 127 Å². The Morgan fingerprint density at radius 1 is 1.30 bits per heavy atom. The lowest BCUT2D eigenvalue weighted by Crippen LogP contribution is -2.10. The lowest BCUT2D eigenvalue weighted by molar-refractivity contribution is 0.112. The summed E-state index contributed by atoms with van der Waals surface area (Å²) in [7, 11) is 0. The Balaban J connectivity index is 1.93. The summed E-state index contributed by atoms with van der Waals surface area (Å²) >= 11 is 7.65. The Bertz CT molecular complexity index is 592. The van der Waals surface area contributed by atoms with Crippen LogP contribution in [-0.4, -0.2) is 28.6 Å². The smallest absolute Gasteiger partial charge is 0.156 e. The molecule has 2 rings (SSSR count). The number of nitrogens with one attached hydrogen (secondary N) is 1. The van der Waals surface area contributed by atoms with Gasteiger partial charge in [-0.1, -0.05) is 29.8 Å². The molecule has 0 bridgehead atoms. The van der Waals surface area contributed by atoms with Crippen LogP contribution < -0.4 is 5.32 Å². The highest BCUT2D eigenvalue weighted by molar-refractivity contribution is 7.99. The Kier molecular flexibility index (Phi) is 5.38. The number of anilines is 1. The Morgan fingerprint density at radius 3 is 2.75 bits per heavy atom. The van der Waals surface area contributed by atoms with Crippen LogP contribution in [0, 0.1) is 6.92 Å². The number of rotatable bonds is 6. The van der Waals surface area contributed by atoms with Gasteiger partial charge in [-0.2, -0.15) is 0 Å². The number of hydrogen-bond acceptors (Lipinski definition) is 5. The fourth-order valence-electron chi connectivity index (χ4n) is 1.64. The predicted octanol–water partition coefficient (Wildman–Crippen LogP) is 3.46. The molecule has 1 aromatic carbocycles. The zero-order valence-corrected chi connectivity index (χ0v) is 12.5. The topological polar surface area (TPSA) is 54.9 Å². The quantitative estimate of drug-likeness (QED) is 0.383. The molecule has 0 aliphatic heterocycles. The van der Waals surface area contributed by atoms with Crippen molar-refractivity contribution in [3.63, 3.8) is 0 Å². The minimum absolute atomic E-state index is 0.186. The van der Waals surface area contributed by atoms with Gasteiger partial charge < -0.3 is 5.32 Å². The van der Waals surface area contributed by atoms with Gasteiger partial charge in [-0.3, -0.25) is 4.79 Å². The Morgan fingerprint density at radius 2 is 2.05 bits per heavy atom. The average molecular weight is 308 g/mol. The first-order valence-corrected chi connectivity index (χ1v) is 7.48. The molecule has 0 fully saturated rings. The van der Waals surface area contributed by atoms with Crippen LogP contribution in [0.25, 0.3) is 0 Å². The van der Waals surface area contributed by atoms with Crippen LogP contribution in [0.2, 0.25) is 5.15 Å². The number of thioether (sulfide) groups is 1. The van der Waals surface area contributed by atoms with Crippen molar-refractivity contribution >= 4 is 35.5 Å². The fourth-order valence-corrected chi connectivity index (χ4v) is 2.69. The van der Waals surface area contributed by atoms with Crippen LogP contribution in [-0.2, 0) is 0 Å². The largest absolute Gasteiger partial charge is 0.368 e. The van der Waals surface area contributed by atoms with Crippen molar-refractivity contribution in [1.82, 2.24) is 9.97 Å². The van der Waals surface area contributed by atoms with E-state index in [1.807, 2.05) is 18.2 Å². The highest BCUT2D eigenvalue weighted by atomic mass is 35.5. The second-order valence-corrected chi connectivity index (χ2v) is 5.56. The fraction of sp³-hybridized carbons (Fsp3) is 0.214. The number of aryl methyl sites for hydroxylation is 1. The van der Waals surface area contributed by atoms with E-state index in [4.69, 9.17) is 11.6 Å². The lowest BCUT2D eigenvalue weighted by atomic mass is 10.3. The van der Waals surface area contributed by atoms with Crippen LogP contribution >= 0.6 is 23.4 Å². The molecule has 0 saturated carbocycles. The van der Waals surface area contributed by atoms with Crippen molar-refractivity contribution in [3.8, 4) is 0 Å². The van der Waals surface area contributed by atoms with Gasteiger partial charge in [0.2, 0.25) is 0 Å². The molecule has 0 amide bonds. The van der Waals surface area contributed by atoms with E-state index >= 15 is 0 Å². The van der Waals surface area contributed by atoms with E-state index in [0.717, 1.165) is 5.75 Å². The summed E-state index contributed by atoms with van der Waals surface area (Å²) in [5.41, 5.74) is 0.307. The highest BCUT2D eigenvalue weighted by Gasteiger charge is 2.10. The highest BCUT2D eigenvalue weighted by Crippen LogP contribution is 2.20. The molecule has 0 radical (unpaired) electrons. The third kappa shape index (κ3) is 3.95. The third-order valence-corrected chi connectivity index (χ3v) is 3.84. The molecule has 20 heavy (non-hydrogen) atoms. The molecule has 0 atom stereocenters. The molecular weight excluding hydrogens is 294 g/mol. The van der Waals surface area contributed by atoms with Gasteiger partial charge in [-0.05, 0) is 19.1 Å². The van der Waals surface area contributed by atoms with Gasteiger partial charge in [-0.25, -0.2) is 9.97 Å². The van der Waals surface area contributed by atoms with Gasteiger partial charge in [0, 0.05) is 17.2 Å². The molecule has 104 valence electrons. The maximum atomic E-state index is 11.0. The molecule has 4 nitrogen and oxygen atoms in total. The van der Waals surface area contributed by atoms with Crippen LogP contribution in [0.3, 0.4) is 0 Å². The number of aldehydes is 1. The number of carbonyl (C=O) groups is 1. The van der Waals surface area contributed by atoms with Crippen molar-refractivity contribution < 1.29 is 4.79 Å². The molecule has 0 aliphatic rings. The van der Waals surface area contributed by atoms with E-state index in [2.05, 4.69) is 27.4 Å². The summed E-state index contributed by atoms with van der Waals surface area (Å²) in [6.07, 6.45) is 0.675. The van der Waals surface area contributed by atoms with Gasteiger partial charge >= 0.3 is 0 Å². The van der Waals surface area contributed by atoms with E-state index in [1.54, 1.807) is 18.7 Å². The minimum atomic E-state index is 0.186.